The Hall–Kier alpha value is -2.70. The number of carbonyl (C=O) groups excluding carboxylic acids is 2. The van der Waals surface area contributed by atoms with E-state index in [1.807, 2.05) is 23.1 Å². The summed E-state index contributed by atoms with van der Waals surface area (Å²) in [5.74, 6) is -0.161. The maximum absolute atomic E-state index is 12.8. The first kappa shape index (κ1) is 18.7. The Morgan fingerprint density at radius 2 is 1.93 bits per heavy atom. The fourth-order valence-electron chi connectivity index (χ4n) is 4.24. The van der Waals surface area contributed by atoms with Gasteiger partial charge in [0, 0.05) is 19.1 Å². The second-order valence-electron chi connectivity index (χ2n) is 7.83. The van der Waals surface area contributed by atoms with E-state index in [9.17, 15) is 9.59 Å². The lowest BCUT2D eigenvalue weighted by atomic mass is 9.93. The Morgan fingerprint density at radius 3 is 2.68 bits per heavy atom. The predicted molar refractivity (Wildman–Crippen MR) is 105 cm³/mol. The number of nitrogens with zero attached hydrogens (tertiary/aromatic N) is 5. The third kappa shape index (κ3) is 3.93. The average molecular weight is 381 g/mol. The Morgan fingerprint density at radius 1 is 1.14 bits per heavy atom. The monoisotopic (exact) mass is 381 g/mol. The number of aryl methyl sites for hydroxylation is 1. The van der Waals surface area contributed by atoms with Crippen LogP contribution in [0.3, 0.4) is 0 Å². The van der Waals surface area contributed by atoms with Gasteiger partial charge in [0.05, 0.1) is 12.7 Å². The summed E-state index contributed by atoms with van der Waals surface area (Å²) >= 11 is 0. The lowest BCUT2D eigenvalue weighted by Crippen LogP contribution is -2.55. The molecule has 28 heavy (non-hydrogen) atoms. The fourth-order valence-corrected chi connectivity index (χ4v) is 4.24. The number of hydrogen-bond donors (Lipinski definition) is 0. The lowest BCUT2D eigenvalue weighted by molar-refractivity contribution is -0.138. The minimum atomic E-state index is -0.215. The molecule has 7 nitrogen and oxygen atoms in total. The molecule has 0 atom stereocenters. The highest BCUT2D eigenvalue weighted by Gasteiger charge is 2.33. The summed E-state index contributed by atoms with van der Waals surface area (Å²) in [5.41, 5.74) is 2.62. The number of hydrogen-bond acceptors (Lipinski definition) is 4. The average Bonchev–Trinajstić information content (AvgIpc) is 3.18. The SMILES string of the molecule is Cc1ccccc1Cn1cc(C(=O)N2CCN(C3CCCCC3)C(=O)C2)nn1. The zero-order chi connectivity index (χ0) is 19.5. The summed E-state index contributed by atoms with van der Waals surface area (Å²) in [7, 11) is 0. The molecule has 1 saturated carbocycles. The van der Waals surface area contributed by atoms with E-state index in [-0.39, 0.29) is 18.4 Å². The summed E-state index contributed by atoms with van der Waals surface area (Å²) in [6.45, 7) is 3.94. The summed E-state index contributed by atoms with van der Waals surface area (Å²) in [6.07, 6.45) is 7.51. The van der Waals surface area contributed by atoms with Gasteiger partial charge in [-0.3, -0.25) is 9.59 Å². The molecule has 1 aromatic heterocycles. The van der Waals surface area contributed by atoms with Gasteiger partial charge in [-0.1, -0.05) is 48.7 Å². The van der Waals surface area contributed by atoms with Gasteiger partial charge < -0.3 is 9.80 Å². The quantitative estimate of drug-likeness (QED) is 0.814. The summed E-state index contributed by atoms with van der Waals surface area (Å²) in [6, 6.07) is 8.44. The molecule has 1 saturated heterocycles. The molecule has 0 spiro atoms. The van der Waals surface area contributed by atoms with Crippen molar-refractivity contribution in [1.82, 2.24) is 24.8 Å². The van der Waals surface area contributed by atoms with Crippen LogP contribution in [0.2, 0.25) is 0 Å². The fraction of sp³-hybridized carbons (Fsp3) is 0.524. The highest BCUT2D eigenvalue weighted by atomic mass is 16.2. The number of aromatic nitrogens is 3. The van der Waals surface area contributed by atoms with E-state index in [1.165, 1.54) is 24.8 Å². The number of piperazine rings is 1. The van der Waals surface area contributed by atoms with Crippen LogP contribution < -0.4 is 0 Å². The molecular weight excluding hydrogens is 354 g/mol. The molecule has 2 heterocycles. The molecule has 148 valence electrons. The van der Waals surface area contributed by atoms with Gasteiger partial charge >= 0.3 is 0 Å². The molecule has 1 aromatic carbocycles. The molecule has 0 unspecified atom stereocenters. The highest BCUT2D eigenvalue weighted by molar-refractivity contribution is 5.95. The van der Waals surface area contributed by atoms with E-state index in [0.29, 0.717) is 31.4 Å². The normalized spacial score (nSPS) is 18.5. The van der Waals surface area contributed by atoms with Crippen LogP contribution in [0.5, 0.6) is 0 Å². The van der Waals surface area contributed by atoms with Crippen molar-refractivity contribution in [3.63, 3.8) is 0 Å². The van der Waals surface area contributed by atoms with Crippen molar-refractivity contribution in [2.45, 2.75) is 51.6 Å². The molecule has 1 aliphatic heterocycles. The molecule has 1 aliphatic carbocycles. The predicted octanol–water partition coefficient (Wildman–Crippen LogP) is 2.25. The van der Waals surface area contributed by atoms with E-state index in [1.54, 1.807) is 15.8 Å². The van der Waals surface area contributed by atoms with Gasteiger partial charge in [-0.15, -0.1) is 5.10 Å². The maximum atomic E-state index is 12.8. The Kier molecular flexibility index (Phi) is 5.41. The van der Waals surface area contributed by atoms with Crippen molar-refractivity contribution in [3.05, 3.63) is 47.3 Å². The van der Waals surface area contributed by atoms with Crippen LogP contribution in [0.4, 0.5) is 0 Å². The van der Waals surface area contributed by atoms with Crippen LogP contribution in [0, 0.1) is 6.92 Å². The maximum Gasteiger partial charge on any atom is 0.276 e. The van der Waals surface area contributed by atoms with Gasteiger partial charge in [-0.25, -0.2) is 4.68 Å². The van der Waals surface area contributed by atoms with E-state index < -0.39 is 0 Å². The van der Waals surface area contributed by atoms with Crippen molar-refractivity contribution in [1.29, 1.82) is 0 Å². The minimum Gasteiger partial charge on any atom is -0.336 e. The standard InChI is InChI=1S/C21H27N5O2/c1-16-7-5-6-8-17(16)13-25-14-19(22-23-25)21(28)24-11-12-26(20(27)15-24)18-9-3-2-4-10-18/h5-8,14,18H,2-4,9-13,15H2,1H3. The molecule has 0 bridgehead atoms. The van der Waals surface area contributed by atoms with Gasteiger partial charge in [0.15, 0.2) is 5.69 Å². The van der Waals surface area contributed by atoms with Gasteiger partial charge in [-0.2, -0.15) is 0 Å². The van der Waals surface area contributed by atoms with Crippen molar-refractivity contribution in [3.8, 4) is 0 Å². The zero-order valence-corrected chi connectivity index (χ0v) is 16.4. The first-order valence-corrected chi connectivity index (χ1v) is 10.2. The topological polar surface area (TPSA) is 71.3 Å². The lowest BCUT2D eigenvalue weighted by Gasteiger charge is -2.40. The van der Waals surface area contributed by atoms with E-state index >= 15 is 0 Å². The summed E-state index contributed by atoms with van der Waals surface area (Å²) < 4.78 is 1.68. The van der Waals surface area contributed by atoms with Crippen LogP contribution in [0.1, 0.15) is 53.7 Å². The van der Waals surface area contributed by atoms with Gasteiger partial charge in [0.1, 0.15) is 6.54 Å². The van der Waals surface area contributed by atoms with Crippen LogP contribution >= 0.6 is 0 Å². The van der Waals surface area contributed by atoms with Crippen molar-refractivity contribution in [2.24, 2.45) is 0 Å². The first-order chi connectivity index (χ1) is 13.6. The number of carbonyl (C=O) groups is 2. The Labute approximate surface area is 165 Å². The van der Waals surface area contributed by atoms with Crippen LogP contribution in [0.15, 0.2) is 30.5 Å². The van der Waals surface area contributed by atoms with Crippen molar-refractivity contribution in [2.75, 3.05) is 19.6 Å². The number of benzene rings is 1. The molecule has 4 rings (SSSR count). The molecule has 2 aromatic rings. The second-order valence-corrected chi connectivity index (χ2v) is 7.83. The van der Waals surface area contributed by atoms with Gasteiger partial charge in [0.25, 0.3) is 5.91 Å². The van der Waals surface area contributed by atoms with Crippen molar-refractivity contribution < 1.29 is 9.59 Å². The largest absolute Gasteiger partial charge is 0.336 e. The van der Waals surface area contributed by atoms with Crippen LogP contribution in [0.25, 0.3) is 0 Å². The first-order valence-electron chi connectivity index (χ1n) is 10.2. The number of rotatable bonds is 4. The van der Waals surface area contributed by atoms with Crippen LogP contribution in [-0.2, 0) is 11.3 Å². The Bertz CT molecular complexity index is 856. The third-order valence-corrected chi connectivity index (χ3v) is 5.91. The molecular formula is C21H27N5O2. The molecule has 7 heteroatoms. The van der Waals surface area contributed by atoms with E-state index in [2.05, 4.69) is 23.3 Å². The summed E-state index contributed by atoms with van der Waals surface area (Å²) in [5, 5.41) is 8.15. The molecule has 2 aliphatic rings. The van der Waals surface area contributed by atoms with Gasteiger partial charge in [0.2, 0.25) is 5.91 Å². The molecule has 2 amide bonds. The zero-order valence-electron chi connectivity index (χ0n) is 16.4. The van der Waals surface area contributed by atoms with Gasteiger partial charge in [-0.05, 0) is 30.9 Å². The van der Waals surface area contributed by atoms with E-state index in [4.69, 9.17) is 0 Å². The number of amides is 2. The van der Waals surface area contributed by atoms with Crippen LogP contribution in [-0.4, -0.2) is 62.3 Å². The minimum absolute atomic E-state index is 0.0544. The highest BCUT2D eigenvalue weighted by Crippen LogP contribution is 2.24. The Balaban J connectivity index is 1.38. The molecule has 2 fully saturated rings. The molecule has 0 N–H and O–H groups in total. The second kappa shape index (κ2) is 8.12. The third-order valence-electron chi connectivity index (χ3n) is 5.91. The van der Waals surface area contributed by atoms with Crippen molar-refractivity contribution >= 4 is 11.8 Å². The smallest absolute Gasteiger partial charge is 0.276 e. The summed E-state index contributed by atoms with van der Waals surface area (Å²) in [4.78, 5) is 29.0. The van der Waals surface area contributed by atoms with E-state index in [0.717, 1.165) is 18.4 Å². The molecule has 0 radical (unpaired) electrons.